The van der Waals surface area contributed by atoms with E-state index in [2.05, 4.69) is 16.4 Å². The Morgan fingerprint density at radius 1 is 1.62 bits per heavy atom. The van der Waals surface area contributed by atoms with Crippen molar-refractivity contribution < 1.29 is 4.79 Å². The summed E-state index contributed by atoms with van der Waals surface area (Å²) in [6.45, 7) is 3.43. The van der Waals surface area contributed by atoms with Gasteiger partial charge in [-0.3, -0.25) is 4.79 Å². The second kappa shape index (κ2) is 4.19. The van der Waals surface area contributed by atoms with E-state index in [1.54, 1.807) is 12.3 Å². The Bertz CT molecular complexity index is 464. The molecule has 1 aliphatic heterocycles. The maximum Gasteiger partial charge on any atom is 0.239 e. The number of piperazine rings is 1. The van der Waals surface area contributed by atoms with Gasteiger partial charge in [-0.15, -0.1) is 0 Å². The molecule has 1 aliphatic rings. The lowest BCUT2D eigenvalue weighted by Crippen LogP contribution is -2.48. The Labute approximate surface area is 93.7 Å². The van der Waals surface area contributed by atoms with Gasteiger partial charge in [0, 0.05) is 19.3 Å². The molecule has 2 rings (SSSR count). The molecule has 1 aromatic rings. The van der Waals surface area contributed by atoms with Crippen LogP contribution in [-0.4, -0.2) is 30.5 Å². The van der Waals surface area contributed by atoms with Crippen molar-refractivity contribution in [2.45, 2.75) is 6.92 Å². The van der Waals surface area contributed by atoms with Gasteiger partial charge in [-0.25, -0.2) is 4.98 Å². The van der Waals surface area contributed by atoms with E-state index in [9.17, 15) is 4.79 Å². The van der Waals surface area contributed by atoms with Crippen molar-refractivity contribution in [2.75, 3.05) is 24.5 Å². The van der Waals surface area contributed by atoms with Crippen LogP contribution in [0, 0.1) is 18.3 Å². The van der Waals surface area contributed by atoms with Gasteiger partial charge in [0.15, 0.2) is 0 Å². The van der Waals surface area contributed by atoms with Gasteiger partial charge in [-0.1, -0.05) is 0 Å². The molecule has 0 spiro atoms. The van der Waals surface area contributed by atoms with Gasteiger partial charge in [0.05, 0.1) is 12.1 Å². The van der Waals surface area contributed by atoms with Crippen molar-refractivity contribution in [1.29, 1.82) is 5.26 Å². The maximum absolute atomic E-state index is 11.3. The molecule has 0 bridgehead atoms. The van der Waals surface area contributed by atoms with E-state index in [1.807, 2.05) is 11.8 Å². The van der Waals surface area contributed by atoms with Gasteiger partial charge >= 0.3 is 0 Å². The number of carbonyl (C=O) groups is 1. The van der Waals surface area contributed by atoms with Gasteiger partial charge in [0.25, 0.3) is 0 Å². The largest absolute Gasteiger partial charge is 0.353 e. The molecule has 0 aliphatic carbocycles. The summed E-state index contributed by atoms with van der Waals surface area (Å²) in [6.07, 6.45) is 1.66. The van der Waals surface area contributed by atoms with Crippen LogP contribution in [-0.2, 0) is 4.79 Å². The molecule has 82 valence electrons. The highest BCUT2D eigenvalue weighted by Gasteiger charge is 2.20. The number of rotatable bonds is 1. The lowest BCUT2D eigenvalue weighted by atomic mass is 10.1. The summed E-state index contributed by atoms with van der Waals surface area (Å²) in [6, 6.07) is 3.94. The fourth-order valence-electron chi connectivity index (χ4n) is 1.74. The molecule has 1 amide bonds. The lowest BCUT2D eigenvalue weighted by Gasteiger charge is -2.28. The second-order valence-electron chi connectivity index (χ2n) is 3.71. The summed E-state index contributed by atoms with van der Waals surface area (Å²) in [7, 11) is 0. The minimum atomic E-state index is -0.0292. The van der Waals surface area contributed by atoms with Crippen molar-refractivity contribution in [3.05, 3.63) is 23.4 Å². The number of hydrogen-bond donors (Lipinski definition) is 1. The molecule has 16 heavy (non-hydrogen) atoms. The number of nitriles is 1. The van der Waals surface area contributed by atoms with Gasteiger partial charge in [0.2, 0.25) is 5.91 Å². The van der Waals surface area contributed by atoms with E-state index in [0.717, 1.165) is 5.56 Å². The quantitative estimate of drug-likeness (QED) is 0.728. The van der Waals surface area contributed by atoms with Crippen LogP contribution in [0.4, 0.5) is 5.82 Å². The molecule has 1 fully saturated rings. The highest BCUT2D eigenvalue weighted by Crippen LogP contribution is 2.20. The van der Waals surface area contributed by atoms with Crippen LogP contribution in [0.25, 0.3) is 0 Å². The number of amides is 1. The van der Waals surface area contributed by atoms with Crippen LogP contribution in [0.1, 0.15) is 11.1 Å². The number of nitrogens with zero attached hydrogens (tertiary/aromatic N) is 3. The standard InChI is InChI=1S/C11H12N4O/c1-8-2-3-14-11(9(8)6-12)15-5-4-13-10(16)7-15/h2-3H,4-5,7H2,1H3,(H,13,16). The first-order valence-electron chi connectivity index (χ1n) is 5.09. The Morgan fingerprint density at radius 3 is 3.12 bits per heavy atom. The minimum absolute atomic E-state index is 0.0292. The molecule has 0 saturated carbocycles. The summed E-state index contributed by atoms with van der Waals surface area (Å²) < 4.78 is 0. The molecular weight excluding hydrogens is 204 g/mol. The van der Waals surface area contributed by atoms with E-state index in [-0.39, 0.29) is 12.5 Å². The zero-order valence-electron chi connectivity index (χ0n) is 9.03. The molecule has 0 radical (unpaired) electrons. The highest BCUT2D eigenvalue weighted by molar-refractivity contribution is 5.82. The number of carbonyl (C=O) groups excluding carboxylic acids is 1. The van der Waals surface area contributed by atoms with Crippen molar-refractivity contribution in [3.8, 4) is 6.07 Å². The van der Waals surface area contributed by atoms with Crippen molar-refractivity contribution >= 4 is 11.7 Å². The van der Waals surface area contributed by atoms with E-state index in [0.29, 0.717) is 24.5 Å². The van der Waals surface area contributed by atoms with Crippen molar-refractivity contribution in [2.24, 2.45) is 0 Å². The van der Waals surface area contributed by atoms with Gasteiger partial charge in [0.1, 0.15) is 11.9 Å². The minimum Gasteiger partial charge on any atom is -0.353 e. The Hall–Kier alpha value is -2.09. The number of anilines is 1. The molecule has 5 nitrogen and oxygen atoms in total. The fourth-order valence-corrected chi connectivity index (χ4v) is 1.74. The molecular formula is C11H12N4O. The fraction of sp³-hybridized carbons (Fsp3) is 0.364. The molecule has 0 atom stereocenters. The summed E-state index contributed by atoms with van der Waals surface area (Å²) in [5, 5.41) is 11.8. The summed E-state index contributed by atoms with van der Waals surface area (Å²) in [5.74, 6) is 0.579. The number of hydrogen-bond acceptors (Lipinski definition) is 4. The van der Waals surface area contributed by atoms with E-state index in [1.165, 1.54) is 0 Å². The van der Waals surface area contributed by atoms with Crippen LogP contribution in [0.3, 0.4) is 0 Å². The third-order valence-corrected chi connectivity index (χ3v) is 2.59. The van der Waals surface area contributed by atoms with Crippen LogP contribution < -0.4 is 10.2 Å². The first kappa shape index (κ1) is 10.4. The molecule has 1 saturated heterocycles. The molecule has 1 N–H and O–H groups in total. The predicted octanol–water partition coefficient (Wildman–Crippen LogP) is 0.198. The van der Waals surface area contributed by atoms with Crippen LogP contribution >= 0.6 is 0 Å². The smallest absolute Gasteiger partial charge is 0.239 e. The normalized spacial score (nSPS) is 15.5. The average molecular weight is 216 g/mol. The topological polar surface area (TPSA) is 69.0 Å². The Morgan fingerprint density at radius 2 is 2.44 bits per heavy atom. The molecule has 2 heterocycles. The maximum atomic E-state index is 11.3. The van der Waals surface area contributed by atoms with Gasteiger partial charge in [-0.2, -0.15) is 5.26 Å². The van der Waals surface area contributed by atoms with E-state index in [4.69, 9.17) is 5.26 Å². The molecule has 1 aromatic heterocycles. The highest BCUT2D eigenvalue weighted by atomic mass is 16.2. The van der Waals surface area contributed by atoms with E-state index < -0.39 is 0 Å². The number of nitrogens with one attached hydrogen (secondary N) is 1. The van der Waals surface area contributed by atoms with Crippen molar-refractivity contribution in [3.63, 3.8) is 0 Å². The lowest BCUT2D eigenvalue weighted by molar-refractivity contribution is -0.120. The van der Waals surface area contributed by atoms with Crippen LogP contribution in [0.5, 0.6) is 0 Å². The van der Waals surface area contributed by atoms with Gasteiger partial charge < -0.3 is 10.2 Å². The Balaban J connectivity index is 2.36. The molecule has 0 aromatic carbocycles. The third kappa shape index (κ3) is 1.82. The zero-order valence-corrected chi connectivity index (χ0v) is 9.03. The Kier molecular flexibility index (Phi) is 2.73. The predicted molar refractivity (Wildman–Crippen MR) is 58.9 cm³/mol. The zero-order chi connectivity index (χ0) is 11.5. The third-order valence-electron chi connectivity index (χ3n) is 2.59. The summed E-state index contributed by atoms with van der Waals surface area (Å²) >= 11 is 0. The van der Waals surface area contributed by atoms with Crippen molar-refractivity contribution in [1.82, 2.24) is 10.3 Å². The number of pyridine rings is 1. The monoisotopic (exact) mass is 216 g/mol. The molecule has 5 heteroatoms. The summed E-state index contributed by atoms with van der Waals surface area (Å²) in [5.41, 5.74) is 1.44. The number of aromatic nitrogens is 1. The van der Waals surface area contributed by atoms with E-state index >= 15 is 0 Å². The SMILES string of the molecule is Cc1ccnc(N2CCNC(=O)C2)c1C#N. The van der Waals surface area contributed by atoms with Gasteiger partial charge in [-0.05, 0) is 18.6 Å². The average Bonchev–Trinajstić information content (AvgIpc) is 2.28. The van der Waals surface area contributed by atoms with Crippen LogP contribution in [0.2, 0.25) is 0 Å². The molecule has 0 unspecified atom stereocenters. The first-order chi connectivity index (χ1) is 7.72. The summed E-state index contributed by atoms with van der Waals surface area (Å²) in [4.78, 5) is 17.3. The van der Waals surface area contributed by atoms with Crippen LogP contribution in [0.15, 0.2) is 12.3 Å². The first-order valence-corrected chi connectivity index (χ1v) is 5.09. The number of aryl methyl sites for hydroxylation is 1. The second-order valence-corrected chi connectivity index (χ2v) is 3.71.